The van der Waals surface area contributed by atoms with Crippen molar-refractivity contribution >= 4 is 9.84 Å². The number of aliphatic hydroxyl groups is 1. The van der Waals surface area contributed by atoms with Gasteiger partial charge in [0.1, 0.15) is 0 Å². The highest BCUT2D eigenvalue weighted by Crippen LogP contribution is 2.22. The Morgan fingerprint density at radius 3 is 2.58 bits per heavy atom. The van der Waals surface area contributed by atoms with E-state index in [1.165, 1.54) is 0 Å². The molecule has 2 aromatic rings. The first-order valence-electron chi connectivity index (χ1n) is 8.15. The lowest BCUT2D eigenvalue weighted by atomic mass is 10.1. The normalized spacial score (nSPS) is 23.0. The molecule has 7 heteroatoms. The minimum atomic E-state index is -3.15. The van der Waals surface area contributed by atoms with E-state index in [-0.39, 0.29) is 17.5 Å². The maximum Gasteiger partial charge on any atom is 0.154 e. The summed E-state index contributed by atoms with van der Waals surface area (Å²) >= 11 is 0. The number of sulfone groups is 1. The summed E-state index contributed by atoms with van der Waals surface area (Å²) in [6.45, 7) is 3.97. The molecule has 1 N–H and O–H groups in total. The van der Waals surface area contributed by atoms with Crippen molar-refractivity contribution in [2.24, 2.45) is 0 Å². The third-order valence-electron chi connectivity index (χ3n) is 4.55. The van der Waals surface area contributed by atoms with Gasteiger partial charge in [-0.3, -0.25) is 9.58 Å². The van der Waals surface area contributed by atoms with Crippen molar-refractivity contribution < 1.29 is 13.5 Å². The summed E-state index contributed by atoms with van der Waals surface area (Å²) < 4.78 is 25.5. The molecule has 1 aromatic heterocycles. The molecule has 0 radical (unpaired) electrons. The van der Waals surface area contributed by atoms with Gasteiger partial charge in [-0.25, -0.2) is 8.42 Å². The Bertz CT molecular complexity index is 774. The van der Waals surface area contributed by atoms with Gasteiger partial charge in [-0.05, 0) is 23.7 Å². The molecule has 1 saturated heterocycles. The smallest absolute Gasteiger partial charge is 0.154 e. The first kappa shape index (κ1) is 17.1. The second-order valence-electron chi connectivity index (χ2n) is 6.25. The number of rotatable bonds is 6. The van der Waals surface area contributed by atoms with Crippen molar-refractivity contribution in [3.8, 4) is 0 Å². The molecule has 1 fully saturated rings. The van der Waals surface area contributed by atoms with Crippen molar-refractivity contribution in [2.45, 2.75) is 32.2 Å². The zero-order valence-corrected chi connectivity index (χ0v) is 14.6. The van der Waals surface area contributed by atoms with Crippen LogP contribution in [0.4, 0.5) is 0 Å². The topological polar surface area (TPSA) is 75.4 Å². The molecular formula is C17H23N3O3S. The Morgan fingerprint density at radius 2 is 2.00 bits per heavy atom. The summed E-state index contributed by atoms with van der Waals surface area (Å²) in [5, 5.41) is 14.4. The van der Waals surface area contributed by atoms with Crippen molar-refractivity contribution in [3.63, 3.8) is 0 Å². The molecule has 6 nitrogen and oxygen atoms in total. The highest BCUT2D eigenvalue weighted by atomic mass is 32.2. The van der Waals surface area contributed by atoms with Crippen LogP contribution in [0.2, 0.25) is 0 Å². The molecule has 0 amide bonds. The van der Waals surface area contributed by atoms with Gasteiger partial charge >= 0.3 is 0 Å². The van der Waals surface area contributed by atoms with Crippen LogP contribution in [0.1, 0.15) is 18.1 Å². The number of hydrogen-bond donors (Lipinski definition) is 1. The average molecular weight is 349 g/mol. The van der Waals surface area contributed by atoms with E-state index in [1.54, 1.807) is 6.20 Å². The quantitative estimate of drug-likeness (QED) is 0.839. The van der Waals surface area contributed by atoms with Crippen molar-refractivity contribution in [1.29, 1.82) is 0 Å². The van der Waals surface area contributed by atoms with Crippen LogP contribution in [-0.4, -0.2) is 58.4 Å². The number of nitrogens with zero attached hydrogens (tertiary/aromatic N) is 3. The lowest BCUT2D eigenvalue weighted by Crippen LogP contribution is -2.42. The summed E-state index contributed by atoms with van der Waals surface area (Å²) in [6, 6.07) is 9.65. The second kappa shape index (κ2) is 7.04. The van der Waals surface area contributed by atoms with Gasteiger partial charge in [-0.1, -0.05) is 31.2 Å². The summed E-state index contributed by atoms with van der Waals surface area (Å²) in [7, 11) is -3.15. The maximum atomic E-state index is 11.8. The maximum absolute atomic E-state index is 11.8. The predicted octanol–water partition coefficient (Wildman–Crippen LogP) is 0.911. The van der Waals surface area contributed by atoms with Gasteiger partial charge < -0.3 is 5.11 Å². The van der Waals surface area contributed by atoms with E-state index >= 15 is 0 Å². The van der Waals surface area contributed by atoms with Crippen molar-refractivity contribution in [1.82, 2.24) is 14.7 Å². The van der Waals surface area contributed by atoms with Crippen LogP contribution in [0.3, 0.4) is 0 Å². The SMILES string of the molecule is CCN(Cc1ccccc1Cn1cccn1)[C@@H]1CS(=O)(=O)C[C@H]1O. The van der Waals surface area contributed by atoms with Crippen LogP contribution >= 0.6 is 0 Å². The van der Waals surface area contributed by atoms with Gasteiger partial charge in [0.05, 0.1) is 30.2 Å². The fraction of sp³-hybridized carbons (Fsp3) is 0.471. The molecule has 24 heavy (non-hydrogen) atoms. The van der Waals surface area contributed by atoms with Gasteiger partial charge in [0.15, 0.2) is 9.84 Å². The molecule has 1 aliphatic rings. The standard InChI is InChI=1S/C17H23N3O3S/c1-2-19(16-12-24(22,23)13-17(16)21)10-14-6-3-4-7-15(14)11-20-9-5-8-18-20/h3-9,16-17,21H,2,10-13H2,1H3/t16-,17-/m1/s1. The van der Waals surface area contributed by atoms with Gasteiger partial charge in [-0.2, -0.15) is 5.10 Å². The van der Waals surface area contributed by atoms with E-state index in [1.807, 2.05) is 36.0 Å². The highest BCUT2D eigenvalue weighted by Gasteiger charge is 2.39. The molecular weight excluding hydrogens is 326 g/mol. The van der Waals surface area contributed by atoms with Crippen molar-refractivity contribution in [2.75, 3.05) is 18.1 Å². The molecule has 3 rings (SSSR count). The van der Waals surface area contributed by atoms with Gasteiger partial charge in [-0.15, -0.1) is 0 Å². The molecule has 1 aliphatic heterocycles. The molecule has 0 saturated carbocycles. The first-order chi connectivity index (χ1) is 11.5. The van der Waals surface area contributed by atoms with Crippen LogP contribution < -0.4 is 0 Å². The Kier molecular flexibility index (Phi) is 5.03. The Labute approximate surface area is 142 Å². The number of hydrogen-bond acceptors (Lipinski definition) is 5. The molecule has 0 spiro atoms. The minimum absolute atomic E-state index is 0.0311. The zero-order valence-electron chi connectivity index (χ0n) is 13.7. The lowest BCUT2D eigenvalue weighted by molar-refractivity contribution is 0.0817. The fourth-order valence-electron chi connectivity index (χ4n) is 3.28. The molecule has 2 atom stereocenters. The fourth-order valence-corrected chi connectivity index (χ4v) is 5.11. The first-order valence-corrected chi connectivity index (χ1v) is 9.97. The number of likely N-dealkylation sites (N-methyl/N-ethyl adjacent to an activating group) is 1. The Balaban J connectivity index is 1.79. The van der Waals surface area contributed by atoms with E-state index in [4.69, 9.17) is 0 Å². The van der Waals surface area contributed by atoms with Crippen LogP contribution in [0.5, 0.6) is 0 Å². The third-order valence-corrected chi connectivity index (χ3v) is 6.25. The van der Waals surface area contributed by atoms with E-state index < -0.39 is 15.9 Å². The predicted molar refractivity (Wildman–Crippen MR) is 92.3 cm³/mol. The number of aliphatic hydroxyl groups excluding tert-OH is 1. The Morgan fingerprint density at radius 1 is 1.25 bits per heavy atom. The third kappa shape index (κ3) is 3.85. The summed E-state index contributed by atoms with van der Waals surface area (Å²) in [6.07, 6.45) is 2.86. The van der Waals surface area contributed by atoms with Crippen LogP contribution in [-0.2, 0) is 22.9 Å². The monoisotopic (exact) mass is 349 g/mol. The van der Waals surface area contributed by atoms with Crippen LogP contribution in [0.15, 0.2) is 42.7 Å². The average Bonchev–Trinajstić information content (AvgIpc) is 3.13. The molecule has 0 bridgehead atoms. The van der Waals surface area contributed by atoms with Gasteiger partial charge in [0, 0.05) is 18.9 Å². The molecule has 130 valence electrons. The van der Waals surface area contributed by atoms with E-state index in [0.29, 0.717) is 19.6 Å². The van der Waals surface area contributed by atoms with E-state index in [0.717, 1.165) is 11.1 Å². The molecule has 0 unspecified atom stereocenters. The van der Waals surface area contributed by atoms with Crippen molar-refractivity contribution in [3.05, 3.63) is 53.9 Å². The second-order valence-corrected chi connectivity index (χ2v) is 8.40. The van der Waals surface area contributed by atoms with Gasteiger partial charge in [0.2, 0.25) is 0 Å². The summed E-state index contributed by atoms with van der Waals surface area (Å²) in [5.41, 5.74) is 2.28. The summed E-state index contributed by atoms with van der Waals surface area (Å²) in [5.74, 6) is -0.105. The Hall–Kier alpha value is -1.70. The molecule has 1 aromatic carbocycles. The van der Waals surface area contributed by atoms with E-state index in [2.05, 4.69) is 22.1 Å². The number of aromatic nitrogens is 2. The molecule has 2 heterocycles. The van der Waals surface area contributed by atoms with Gasteiger partial charge in [0.25, 0.3) is 0 Å². The van der Waals surface area contributed by atoms with Crippen LogP contribution in [0, 0.1) is 0 Å². The van der Waals surface area contributed by atoms with E-state index in [9.17, 15) is 13.5 Å². The number of benzene rings is 1. The minimum Gasteiger partial charge on any atom is -0.390 e. The largest absolute Gasteiger partial charge is 0.390 e. The zero-order chi connectivity index (χ0) is 17.2. The summed E-state index contributed by atoms with van der Waals surface area (Å²) in [4.78, 5) is 2.05. The highest BCUT2D eigenvalue weighted by molar-refractivity contribution is 7.91. The lowest BCUT2D eigenvalue weighted by Gasteiger charge is -2.29. The molecule has 0 aliphatic carbocycles. The van der Waals surface area contributed by atoms with Crippen LogP contribution in [0.25, 0.3) is 0 Å².